The lowest BCUT2D eigenvalue weighted by Crippen LogP contribution is -2.44. The maximum atomic E-state index is 5.99. The fourth-order valence-electron chi connectivity index (χ4n) is 5.09. The SMILES string of the molecule is CN1CCN(c2cncc3[nH]c(-c4n[nH]c5ccc(-c6cncc(OCc7ccccc7)c6)nc45)cc23)CC1. The molecule has 9 nitrogen and oxygen atoms in total. The summed E-state index contributed by atoms with van der Waals surface area (Å²) in [5.41, 5.74) is 8.27. The van der Waals surface area contributed by atoms with Crippen molar-refractivity contribution in [2.75, 3.05) is 38.1 Å². The first-order chi connectivity index (χ1) is 19.2. The summed E-state index contributed by atoms with van der Waals surface area (Å²) in [6.45, 7) is 4.53. The van der Waals surface area contributed by atoms with Gasteiger partial charge in [-0.05, 0) is 36.9 Å². The number of piperazine rings is 1. The number of likely N-dealkylation sites (N-methyl/N-ethyl adjacent to an activating group) is 1. The Morgan fingerprint density at radius 1 is 0.872 bits per heavy atom. The van der Waals surface area contributed by atoms with Crippen LogP contribution in [0, 0.1) is 0 Å². The molecule has 1 saturated heterocycles. The Morgan fingerprint density at radius 3 is 2.59 bits per heavy atom. The van der Waals surface area contributed by atoms with Gasteiger partial charge >= 0.3 is 0 Å². The fraction of sp³-hybridized carbons (Fsp3) is 0.200. The van der Waals surface area contributed by atoms with Crippen molar-refractivity contribution in [1.29, 1.82) is 0 Å². The van der Waals surface area contributed by atoms with E-state index in [1.54, 1.807) is 12.4 Å². The van der Waals surface area contributed by atoms with E-state index in [0.29, 0.717) is 12.4 Å². The summed E-state index contributed by atoms with van der Waals surface area (Å²) in [5, 5.41) is 8.91. The van der Waals surface area contributed by atoms with Gasteiger partial charge in [0.05, 0.1) is 46.7 Å². The van der Waals surface area contributed by atoms with E-state index in [-0.39, 0.29) is 0 Å². The Bertz CT molecular complexity index is 1750. The molecule has 5 aromatic heterocycles. The summed E-state index contributed by atoms with van der Waals surface area (Å²) >= 11 is 0. The van der Waals surface area contributed by atoms with Gasteiger partial charge in [-0.2, -0.15) is 5.10 Å². The Kier molecular flexibility index (Phi) is 5.90. The van der Waals surface area contributed by atoms with Crippen LogP contribution < -0.4 is 9.64 Å². The number of ether oxygens (including phenoxy) is 1. The highest BCUT2D eigenvalue weighted by molar-refractivity contribution is 5.98. The average molecular weight is 517 g/mol. The van der Waals surface area contributed by atoms with Crippen molar-refractivity contribution in [3.63, 3.8) is 0 Å². The maximum Gasteiger partial charge on any atom is 0.138 e. The highest BCUT2D eigenvalue weighted by Crippen LogP contribution is 2.33. The van der Waals surface area contributed by atoms with E-state index in [0.717, 1.165) is 82.0 Å². The zero-order chi connectivity index (χ0) is 26.2. The summed E-state index contributed by atoms with van der Waals surface area (Å²) in [4.78, 5) is 22.2. The largest absolute Gasteiger partial charge is 0.487 e. The molecule has 0 spiro atoms. The number of nitrogens with one attached hydrogen (secondary N) is 2. The molecule has 6 heterocycles. The molecule has 1 aromatic carbocycles. The molecular weight excluding hydrogens is 488 g/mol. The molecule has 7 rings (SSSR count). The number of hydrogen-bond donors (Lipinski definition) is 2. The van der Waals surface area contributed by atoms with Gasteiger partial charge in [-0.15, -0.1) is 0 Å². The summed E-state index contributed by atoms with van der Waals surface area (Å²) in [7, 11) is 2.17. The van der Waals surface area contributed by atoms with Gasteiger partial charge in [-0.25, -0.2) is 4.98 Å². The van der Waals surface area contributed by atoms with E-state index in [1.807, 2.05) is 60.9 Å². The molecule has 1 aliphatic heterocycles. The predicted octanol–water partition coefficient (Wildman–Crippen LogP) is 4.89. The number of nitrogens with zero attached hydrogens (tertiary/aromatic N) is 6. The zero-order valence-corrected chi connectivity index (χ0v) is 21.6. The Labute approximate surface area is 225 Å². The van der Waals surface area contributed by atoms with Crippen LogP contribution in [-0.4, -0.2) is 68.3 Å². The molecule has 0 unspecified atom stereocenters. The number of H-pyrrole nitrogens is 2. The molecule has 2 N–H and O–H groups in total. The summed E-state index contributed by atoms with van der Waals surface area (Å²) in [6.07, 6.45) is 7.37. The van der Waals surface area contributed by atoms with Gasteiger partial charge in [-0.1, -0.05) is 30.3 Å². The molecule has 0 amide bonds. The second-order valence-corrected chi connectivity index (χ2v) is 9.94. The summed E-state index contributed by atoms with van der Waals surface area (Å²) in [5.74, 6) is 0.699. The second kappa shape index (κ2) is 9.85. The lowest BCUT2D eigenvalue weighted by atomic mass is 10.1. The van der Waals surface area contributed by atoms with Crippen molar-refractivity contribution in [1.82, 2.24) is 35.0 Å². The number of fused-ring (bicyclic) bond motifs is 2. The number of hydrogen-bond acceptors (Lipinski definition) is 7. The lowest BCUT2D eigenvalue weighted by molar-refractivity contribution is 0.305. The van der Waals surface area contributed by atoms with Gasteiger partial charge in [0.2, 0.25) is 0 Å². The number of anilines is 1. The Morgan fingerprint density at radius 2 is 1.72 bits per heavy atom. The minimum absolute atomic E-state index is 0.482. The molecule has 0 bridgehead atoms. The quantitative estimate of drug-likeness (QED) is 0.325. The monoisotopic (exact) mass is 516 g/mol. The lowest BCUT2D eigenvalue weighted by Gasteiger charge is -2.34. The Balaban J connectivity index is 1.20. The highest BCUT2D eigenvalue weighted by atomic mass is 16.5. The smallest absolute Gasteiger partial charge is 0.138 e. The standard InChI is InChI=1S/C30H28N8O/c1-37-9-11-38(12-10-37)28-18-32-17-27-23(28)14-26(33-27)30-29-25(35-36-30)8-7-24(34-29)21-13-22(16-31-15-21)39-19-20-5-3-2-4-6-20/h2-8,13-18,33H,9-12,19H2,1H3,(H,35,36). The van der Waals surface area contributed by atoms with E-state index in [1.165, 1.54) is 0 Å². The van der Waals surface area contributed by atoms with Crippen molar-refractivity contribution in [3.05, 3.63) is 84.9 Å². The van der Waals surface area contributed by atoms with Crippen molar-refractivity contribution in [3.8, 4) is 28.4 Å². The van der Waals surface area contributed by atoms with E-state index in [2.05, 4.69) is 48.1 Å². The second-order valence-electron chi connectivity index (χ2n) is 9.94. The molecule has 0 saturated carbocycles. The number of rotatable bonds is 6. The van der Waals surface area contributed by atoms with Crippen molar-refractivity contribution >= 4 is 27.6 Å². The van der Waals surface area contributed by atoms with Crippen LogP contribution in [-0.2, 0) is 6.61 Å². The van der Waals surface area contributed by atoms with E-state index >= 15 is 0 Å². The van der Waals surface area contributed by atoms with Crippen LogP contribution in [0.4, 0.5) is 5.69 Å². The van der Waals surface area contributed by atoms with Crippen LogP contribution in [0.15, 0.2) is 79.4 Å². The molecule has 1 fully saturated rings. The normalized spacial score (nSPS) is 14.3. The first-order valence-electron chi connectivity index (χ1n) is 13.1. The molecule has 194 valence electrons. The van der Waals surface area contributed by atoms with Gasteiger partial charge in [0, 0.05) is 43.3 Å². The van der Waals surface area contributed by atoms with Gasteiger partial charge in [0.1, 0.15) is 23.6 Å². The molecule has 39 heavy (non-hydrogen) atoms. The topological polar surface area (TPSA) is 98.8 Å². The number of pyridine rings is 3. The van der Waals surface area contributed by atoms with Crippen LogP contribution >= 0.6 is 0 Å². The molecule has 6 aromatic rings. The Hall–Kier alpha value is -4.76. The first kappa shape index (κ1) is 23.4. The van der Waals surface area contributed by atoms with Crippen molar-refractivity contribution < 1.29 is 4.74 Å². The predicted molar refractivity (Wildman–Crippen MR) is 153 cm³/mol. The molecule has 0 aliphatic carbocycles. The van der Waals surface area contributed by atoms with Crippen molar-refractivity contribution in [2.24, 2.45) is 0 Å². The van der Waals surface area contributed by atoms with E-state index in [4.69, 9.17) is 9.72 Å². The average Bonchev–Trinajstić information content (AvgIpc) is 3.61. The maximum absolute atomic E-state index is 5.99. The molecule has 0 radical (unpaired) electrons. The first-order valence-corrected chi connectivity index (χ1v) is 13.1. The minimum Gasteiger partial charge on any atom is -0.487 e. The zero-order valence-electron chi connectivity index (χ0n) is 21.6. The third-order valence-electron chi connectivity index (χ3n) is 7.29. The third kappa shape index (κ3) is 4.57. The van der Waals surface area contributed by atoms with Crippen LogP contribution in [0.25, 0.3) is 44.6 Å². The summed E-state index contributed by atoms with van der Waals surface area (Å²) in [6, 6.07) is 18.2. The third-order valence-corrected chi connectivity index (χ3v) is 7.29. The van der Waals surface area contributed by atoms with E-state index in [9.17, 15) is 0 Å². The molecule has 1 aliphatic rings. The van der Waals surface area contributed by atoms with Crippen molar-refractivity contribution in [2.45, 2.75) is 6.61 Å². The van der Waals surface area contributed by atoms with Crippen LogP contribution in [0.2, 0.25) is 0 Å². The van der Waals surface area contributed by atoms with Crippen LogP contribution in [0.5, 0.6) is 5.75 Å². The molecule has 0 atom stereocenters. The number of aromatic nitrogens is 6. The van der Waals surface area contributed by atoms with Crippen LogP contribution in [0.1, 0.15) is 5.56 Å². The van der Waals surface area contributed by atoms with Gasteiger partial charge in [-0.3, -0.25) is 15.1 Å². The number of aromatic amines is 2. The van der Waals surface area contributed by atoms with Crippen LogP contribution in [0.3, 0.4) is 0 Å². The molecule has 9 heteroatoms. The van der Waals surface area contributed by atoms with Gasteiger partial charge in [0.15, 0.2) is 0 Å². The fourth-order valence-corrected chi connectivity index (χ4v) is 5.09. The molecular formula is C30H28N8O. The minimum atomic E-state index is 0.482. The number of benzene rings is 1. The summed E-state index contributed by atoms with van der Waals surface area (Å²) < 4.78 is 5.99. The van der Waals surface area contributed by atoms with E-state index < -0.39 is 0 Å². The van der Waals surface area contributed by atoms with Gasteiger partial charge in [0.25, 0.3) is 0 Å². The van der Waals surface area contributed by atoms with Gasteiger partial charge < -0.3 is 19.5 Å². The highest BCUT2D eigenvalue weighted by Gasteiger charge is 2.20.